The highest BCUT2D eigenvalue weighted by atomic mass is 14.8. The zero-order valence-electron chi connectivity index (χ0n) is 17.5. The van der Waals surface area contributed by atoms with Gasteiger partial charge in [-0.3, -0.25) is 9.97 Å². The normalized spacial score (nSPS) is 11.4. The van der Waals surface area contributed by atoms with E-state index in [4.69, 9.17) is 9.97 Å². The van der Waals surface area contributed by atoms with Crippen LogP contribution in [-0.4, -0.2) is 9.97 Å². The minimum absolute atomic E-state index is 0.311. The summed E-state index contributed by atoms with van der Waals surface area (Å²) < 4.78 is 0. The third kappa shape index (κ3) is 3.71. The lowest BCUT2D eigenvalue weighted by molar-refractivity contribution is 0.596. The smallest absolute Gasteiger partial charge is 0.0734 e. The first kappa shape index (κ1) is 19.1. The molecule has 4 rings (SSSR count). The van der Waals surface area contributed by atoms with Gasteiger partial charge in [0.05, 0.1) is 22.8 Å². The number of nitrogens with zero attached hydrogens (tertiary/aromatic N) is 2. The van der Waals surface area contributed by atoms with E-state index in [9.17, 15) is 0 Å². The van der Waals surface area contributed by atoms with Gasteiger partial charge in [-0.15, -0.1) is 0 Å². The highest BCUT2D eigenvalue weighted by Gasteiger charge is 2.28. The molecule has 0 aliphatic heterocycles. The van der Waals surface area contributed by atoms with Gasteiger partial charge in [-0.05, 0) is 51.0 Å². The monoisotopic (exact) mass is 378 g/mol. The summed E-state index contributed by atoms with van der Waals surface area (Å²) in [5, 5.41) is 0. The Hall–Kier alpha value is -3.26. The highest BCUT2D eigenvalue weighted by molar-refractivity contribution is 5.64. The summed E-state index contributed by atoms with van der Waals surface area (Å²) in [4.78, 5) is 10.2. The van der Waals surface area contributed by atoms with E-state index in [-0.39, 0.29) is 5.41 Å². The van der Waals surface area contributed by atoms with E-state index in [0.717, 1.165) is 33.9 Å². The standard InChI is InChI=1S/C27H26N2/c1-19-15-17-23(28-25(19)21-11-7-5-8-12-21)27(3,4)24-18-16-20(2)26(29-24)22-13-9-6-10-14-22/h5-18H,1-4H3. The van der Waals surface area contributed by atoms with Gasteiger partial charge in [0.15, 0.2) is 0 Å². The topological polar surface area (TPSA) is 25.8 Å². The summed E-state index contributed by atoms with van der Waals surface area (Å²) >= 11 is 0. The zero-order valence-corrected chi connectivity index (χ0v) is 17.5. The number of pyridine rings is 2. The molecule has 4 aromatic rings. The van der Waals surface area contributed by atoms with Crippen molar-refractivity contribution in [2.75, 3.05) is 0 Å². The fourth-order valence-corrected chi connectivity index (χ4v) is 3.66. The first-order valence-corrected chi connectivity index (χ1v) is 10.0. The van der Waals surface area contributed by atoms with Crippen molar-refractivity contribution in [3.63, 3.8) is 0 Å². The second-order valence-electron chi connectivity index (χ2n) is 8.08. The minimum Gasteiger partial charge on any atom is -0.252 e. The predicted octanol–water partition coefficient (Wildman–Crippen LogP) is 6.75. The van der Waals surface area contributed by atoms with E-state index in [0.29, 0.717) is 0 Å². The Morgan fingerprint density at radius 1 is 0.517 bits per heavy atom. The largest absolute Gasteiger partial charge is 0.252 e. The molecule has 0 fully saturated rings. The third-order valence-electron chi connectivity index (χ3n) is 5.57. The van der Waals surface area contributed by atoms with Gasteiger partial charge in [0.1, 0.15) is 0 Å². The molecule has 0 unspecified atom stereocenters. The van der Waals surface area contributed by atoms with Crippen molar-refractivity contribution >= 4 is 0 Å². The third-order valence-corrected chi connectivity index (χ3v) is 5.57. The maximum atomic E-state index is 5.08. The van der Waals surface area contributed by atoms with E-state index in [1.807, 2.05) is 12.1 Å². The molecule has 2 nitrogen and oxygen atoms in total. The SMILES string of the molecule is Cc1ccc(C(C)(C)c2ccc(C)c(-c3ccccc3)n2)nc1-c1ccccc1. The Balaban J connectivity index is 1.80. The molecule has 2 aromatic carbocycles. The van der Waals surface area contributed by atoms with Gasteiger partial charge in [-0.25, -0.2) is 0 Å². The molecule has 144 valence electrons. The fourth-order valence-electron chi connectivity index (χ4n) is 3.66. The molecule has 0 amide bonds. The molecule has 0 saturated heterocycles. The molecule has 29 heavy (non-hydrogen) atoms. The molecule has 0 spiro atoms. The van der Waals surface area contributed by atoms with E-state index in [1.165, 1.54) is 11.1 Å². The molecule has 0 N–H and O–H groups in total. The maximum absolute atomic E-state index is 5.08. The minimum atomic E-state index is -0.311. The highest BCUT2D eigenvalue weighted by Crippen LogP contribution is 2.33. The van der Waals surface area contributed by atoms with Crippen LogP contribution in [0.25, 0.3) is 22.5 Å². The van der Waals surface area contributed by atoms with Crippen molar-refractivity contribution in [3.05, 3.63) is 107 Å². The average molecular weight is 379 g/mol. The van der Waals surface area contributed by atoms with Crippen LogP contribution in [0.1, 0.15) is 36.4 Å². The molecule has 2 heterocycles. The lowest BCUT2D eigenvalue weighted by Crippen LogP contribution is -2.23. The van der Waals surface area contributed by atoms with Gasteiger partial charge >= 0.3 is 0 Å². The van der Waals surface area contributed by atoms with Crippen LogP contribution in [0.15, 0.2) is 84.9 Å². The van der Waals surface area contributed by atoms with Crippen LogP contribution >= 0.6 is 0 Å². The molecule has 2 aromatic heterocycles. The zero-order chi connectivity index (χ0) is 20.4. The molecule has 2 heteroatoms. The molecular weight excluding hydrogens is 352 g/mol. The van der Waals surface area contributed by atoms with Crippen LogP contribution < -0.4 is 0 Å². The second kappa shape index (κ2) is 7.63. The van der Waals surface area contributed by atoms with Crippen LogP contribution in [0.5, 0.6) is 0 Å². The number of hydrogen-bond acceptors (Lipinski definition) is 2. The Morgan fingerprint density at radius 2 is 0.897 bits per heavy atom. The van der Waals surface area contributed by atoms with Crippen LogP contribution in [0, 0.1) is 13.8 Å². The number of rotatable bonds is 4. The molecule has 0 bridgehead atoms. The molecule has 0 saturated carbocycles. The van der Waals surface area contributed by atoms with Crippen molar-refractivity contribution in [3.8, 4) is 22.5 Å². The summed E-state index contributed by atoms with van der Waals surface area (Å²) in [6, 6.07) is 29.4. The van der Waals surface area contributed by atoms with E-state index in [2.05, 4.69) is 100 Å². The lowest BCUT2D eigenvalue weighted by Gasteiger charge is -2.26. The second-order valence-corrected chi connectivity index (χ2v) is 8.08. The summed E-state index contributed by atoms with van der Waals surface area (Å²) in [6.07, 6.45) is 0. The van der Waals surface area contributed by atoms with Crippen molar-refractivity contribution in [2.24, 2.45) is 0 Å². The number of aryl methyl sites for hydroxylation is 2. The van der Waals surface area contributed by atoms with Crippen LogP contribution in [0.4, 0.5) is 0 Å². The maximum Gasteiger partial charge on any atom is 0.0734 e. The molecule has 0 atom stereocenters. The number of hydrogen-bond donors (Lipinski definition) is 0. The molecular formula is C27H26N2. The van der Waals surface area contributed by atoms with Gasteiger partial charge in [-0.1, -0.05) is 72.8 Å². The summed E-state index contributed by atoms with van der Waals surface area (Å²) in [5.41, 5.74) is 8.45. The van der Waals surface area contributed by atoms with Gasteiger partial charge in [0, 0.05) is 16.5 Å². The van der Waals surface area contributed by atoms with E-state index < -0.39 is 0 Å². The van der Waals surface area contributed by atoms with Gasteiger partial charge in [0.2, 0.25) is 0 Å². The quantitative estimate of drug-likeness (QED) is 0.392. The van der Waals surface area contributed by atoms with Gasteiger partial charge in [0.25, 0.3) is 0 Å². The van der Waals surface area contributed by atoms with Crippen LogP contribution in [0.3, 0.4) is 0 Å². The summed E-state index contributed by atoms with van der Waals surface area (Å²) in [6.45, 7) is 8.63. The lowest BCUT2D eigenvalue weighted by atomic mass is 9.83. The first-order valence-electron chi connectivity index (χ1n) is 10.0. The Labute approximate surface area is 173 Å². The number of aromatic nitrogens is 2. The van der Waals surface area contributed by atoms with E-state index in [1.54, 1.807) is 0 Å². The Kier molecular flexibility index (Phi) is 5.02. The van der Waals surface area contributed by atoms with E-state index >= 15 is 0 Å². The fraction of sp³-hybridized carbons (Fsp3) is 0.185. The average Bonchev–Trinajstić information content (AvgIpc) is 2.75. The first-order chi connectivity index (χ1) is 14.0. The molecule has 0 aliphatic rings. The van der Waals surface area contributed by atoms with Crippen LogP contribution in [-0.2, 0) is 5.41 Å². The van der Waals surface area contributed by atoms with Crippen molar-refractivity contribution in [1.82, 2.24) is 9.97 Å². The summed E-state index contributed by atoms with van der Waals surface area (Å²) in [7, 11) is 0. The summed E-state index contributed by atoms with van der Waals surface area (Å²) in [5.74, 6) is 0. The number of benzene rings is 2. The molecule has 0 radical (unpaired) electrons. The van der Waals surface area contributed by atoms with Crippen molar-refractivity contribution in [1.29, 1.82) is 0 Å². The van der Waals surface area contributed by atoms with Gasteiger partial charge < -0.3 is 0 Å². The van der Waals surface area contributed by atoms with Crippen molar-refractivity contribution < 1.29 is 0 Å². The predicted molar refractivity (Wildman–Crippen MR) is 121 cm³/mol. The Bertz CT molecular complexity index is 1040. The Morgan fingerprint density at radius 3 is 1.28 bits per heavy atom. The molecule has 0 aliphatic carbocycles. The van der Waals surface area contributed by atoms with Crippen LogP contribution in [0.2, 0.25) is 0 Å². The van der Waals surface area contributed by atoms with Gasteiger partial charge in [-0.2, -0.15) is 0 Å². The van der Waals surface area contributed by atoms with Crippen molar-refractivity contribution in [2.45, 2.75) is 33.1 Å².